The van der Waals surface area contributed by atoms with Crippen molar-refractivity contribution in [2.75, 3.05) is 0 Å². The van der Waals surface area contributed by atoms with Crippen LogP contribution in [0.15, 0.2) is 42.7 Å². The van der Waals surface area contributed by atoms with E-state index in [4.69, 9.17) is 0 Å². The lowest BCUT2D eigenvalue weighted by Crippen LogP contribution is -2.00. The summed E-state index contributed by atoms with van der Waals surface area (Å²) >= 11 is 0. The van der Waals surface area contributed by atoms with Crippen LogP contribution in [-0.4, -0.2) is 24.5 Å². The summed E-state index contributed by atoms with van der Waals surface area (Å²) in [5.74, 6) is -0.477. The van der Waals surface area contributed by atoms with E-state index in [0.29, 0.717) is 33.7 Å². The number of hydrogen-bond acceptors (Lipinski definition) is 3. The molecule has 0 spiro atoms. The number of aromatic nitrogens is 5. The minimum Gasteiger partial charge on any atom is -0.275 e. The summed E-state index contributed by atoms with van der Waals surface area (Å²) in [5, 5.41) is 8.98. The molecule has 0 unspecified atom stereocenters. The summed E-state index contributed by atoms with van der Waals surface area (Å²) in [4.78, 5) is 4.62. The van der Waals surface area contributed by atoms with Crippen LogP contribution in [0.25, 0.3) is 28.0 Å². The van der Waals surface area contributed by atoms with Crippen molar-refractivity contribution in [3.8, 4) is 16.9 Å². The summed E-state index contributed by atoms with van der Waals surface area (Å²) in [6.45, 7) is 3.78. The van der Waals surface area contributed by atoms with Crippen molar-refractivity contribution in [1.82, 2.24) is 24.5 Å². The number of halogens is 3. The first-order chi connectivity index (χ1) is 13.3. The minimum atomic E-state index is -2.69. The van der Waals surface area contributed by atoms with Crippen LogP contribution in [0, 0.1) is 5.82 Å². The van der Waals surface area contributed by atoms with Gasteiger partial charge in [0.2, 0.25) is 0 Å². The molecule has 3 aromatic heterocycles. The van der Waals surface area contributed by atoms with Crippen LogP contribution in [0.4, 0.5) is 13.2 Å². The Morgan fingerprint density at radius 1 is 1.07 bits per heavy atom. The van der Waals surface area contributed by atoms with Gasteiger partial charge in [-0.25, -0.2) is 22.8 Å². The largest absolute Gasteiger partial charge is 0.275 e. The van der Waals surface area contributed by atoms with E-state index in [0.717, 1.165) is 0 Å². The highest BCUT2D eigenvalue weighted by Crippen LogP contribution is 2.36. The summed E-state index contributed by atoms with van der Waals surface area (Å²) in [7, 11) is 1.75. The number of nitrogens with zero attached hydrogens (tertiary/aromatic N) is 5. The molecular formula is C20H18F3N5. The van der Waals surface area contributed by atoms with Gasteiger partial charge in [-0.15, -0.1) is 0 Å². The molecule has 0 saturated heterocycles. The number of fused-ring (bicyclic) bond motifs is 1. The molecule has 28 heavy (non-hydrogen) atoms. The fourth-order valence-corrected chi connectivity index (χ4v) is 3.21. The molecule has 0 aliphatic carbocycles. The average Bonchev–Trinajstić information content (AvgIpc) is 3.25. The zero-order valence-electron chi connectivity index (χ0n) is 15.6. The van der Waals surface area contributed by atoms with Crippen LogP contribution in [0.3, 0.4) is 0 Å². The highest BCUT2D eigenvalue weighted by Gasteiger charge is 2.24. The van der Waals surface area contributed by atoms with Crippen molar-refractivity contribution in [2.24, 2.45) is 7.05 Å². The predicted molar refractivity (Wildman–Crippen MR) is 100 cm³/mol. The highest BCUT2D eigenvalue weighted by atomic mass is 19.3. The smallest absolute Gasteiger partial charge is 0.264 e. The van der Waals surface area contributed by atoms with Crippen molar-refractivity contribution in [3.63, 3.8) is 0 Å². The van der Waals surface area contributed by atoms with Gasteiger partial charge in [0.1, 0.15) is 5.82 Å². The van der Waals surface area contributed by atoms with Crippen molar-refractivity contribution >= 4 is 11.0 Å². The quantitative estimate of drug-likeness (QED) is 0.496. The molecule has 0 atom stereocenters. The lowest BCUT2D eigenvalue weighted by atomic mass is 10.0. The Balaban J connectivity index is 2.06. The summed E-state index contributed by atoms with van der Waals surface area (Å²) < 4.78 is 44.4. The maximum atomic E-state index is 14.0. The summed E-state index contributed by atoms with van der Waals surface area (Å²) in [6.07, 6.45) is 0.598. The third kappa shape index (κ3) is 3.04. The Bertz CT molecular complexity index is 1140. The Hall–Kier alpha value is -3.16. The first kappa shape index (κ1) is 18.2. The lowest BCUT2D eigenvalue weighted by Gasteiger charge is -2.08. The summed E-state index contributed by atoms with van der Waals surface area (Å²) in [5.41, 5.74) is 2.28. The zero-order valence-corrected chi connectivity index (χ0v) is 15.6. The third-order valence-corrected chi connectivity index (χ3v) is 4.55. The molecule has 5 nitrogen and oxygen atoms in total. The van der Waals surface area contributed by atoms with Gasteiger partial charge >= 0.3 is 0 Å². The Morgan fingerprint density at radius 3 is 2.36 bits per heavy atom. The molecule has 1 aromatic carbocycles. The SMILES string of the molecule is CC(C)c1nn(-c2ccc(F)cc2)c2nc(-c3cnn(C)c3)cc(C(F)F)c12. The van der Waals surface area contributed by atoms with Crippen molar-refractivity contribution in [1.29, 1.82) is 0 Å². The van der Waals surface area contributed by atoms with Crippen molar-refractivity contribution < 1.29 is 13.2 Å². The van der Waals surface area contributed by atoms with Gasteiger partial charge in [0.05, 0.1) is 28.7 Å². The van der Waals surface area contributed by atoms with E-state index in [1.165, 1.54) is 22.9 Å². The molecular weight excluding hydrogens is 367 g/mol. The maximum absolute atomic E-state index is 14.0. The second-order valence-corrected chi connectivity index (χ2v) is 6.93. The molecule has 4 aromatic rings. The Morgan fingerprint density at radius 2 is 1.79 bits per heavy atom. The first-order valence-electron chi connectivity index (χ1n) is 8.82. The van der Waals surface area contributed by atoms with Gasteiger partial charge in [0, 0.05) is 24.4 Å². The molecule has 0 aliphatic heterocycles. The van der Waals surface area contributed by atoms with E-state index in [9.17, 15) is 13.2 Å². The minimum absolute atomic E-state index is 0.0901. The normalized spacial score (nSPS) is 11.9. The summed E-state index contributed by atoms with van der Waals surface area (Å²) in [6, 6.07) is 7.10. The van der Waals surface area contributed by atoms with Gasteiger partial charge in [-0.1, -0.05) is 13.8 Å². The number of benzene rings is 1. The van der Waals surface area contributed by atoms with E-state index in [-0.39, 0.29) is 17.3 Å². The van der Waals surface area contributed by atoms with E-state index in [1.807, 2.05) is 13.8 Å². The number of rotatable bonds is 4. The highest BCUT2D eigenvalue weighted by molar-refractivity contribution is 5.87. The van der Waals surface area contributed by atoms with E-state index in [2.05, 4.69) is 15.2 Å². The van der Waals surface area contributed by atoms with E-state index < -0.39 is 6.43 Å². The van der Waals surface area contributed by atoms with Gasteiger partial charge in [-0.3, -0.25) is 4.68 Å². The van der Waals surface area contributed by atoms with Crippen molar-refractivity contribution in [2.45, 2.75) is 26.2 Å². The third-order valence-electron chi connectivity index (χ3n) is 4.55. The standard InChI is InChI=1S/C20H18F3N5/c1-11(2)18-17-15(19(22)23)8-16(12-9-24-27(3)10-12)25-20(17)28(26-18)14-6-4-13(21)5-7-14/h4-11,19H,1-3H3. The van der Waals surface area contributed by atoms with Gasteiger partial charge in [-0.05, 0) is 36.2 Å². The molecule has 0 aliphatic rings. The predicted octanol–water partition coefficient (Wildman–Crippen LogP) is 5.02. The fraction of sp³-hybridized carbons (Fsp3) is 0.250. The Kier molecular flexibility index (Phi) is 4.41. The van der Waals surface area contributed by atoms with Crippen LogP contribution in [0.2, 0.25) is 0 Å². The average molecular weight is 385 g/mol. The topological polar surface area (TPSA) is 48.5 Å². The van der Waals surface area contributed by atoms with Crippen LogP contribution in [0.5, 0.6) is 0 Å². The van der Waals surface area contributed by atoms with Crippen molar-refractivity contribution in [3.05, 3.63) is 59.8 Å². The lowest BCUT2D eigenvalue weighted by molar-refractivity contribution is 0.153. The van der Waals surface area contributed by atoms with Gasteiger partial charge in [-0.2, -0.15) is 10.2 Å². The van der Waals surface area contributed by atoms with Gasteiger partial charge < -0.3 is 0 Å². The number of aryl methyl sites for hydroxylation is 1. The monoisotopic (exact) mass is 385 g/mol. The van der Waals surface area contributed by atoms with Crippen LogP contribution in [-0.2, 0) is 7.05 Å². The first-order valence-corrected chi connectivity index (χ1v) is 8.82. The van der Waals surface area contributed by atoms with Crippen LogP contribution in [0.1, 0.15) is 37.4 Å². The molecule has 144 valence electrons. The molecule has 3 heterocycles. The molecule has 0 N–H and O–H groups in total. The molecule has 8 heteroatoms. The number of hydrogen-bond donors (Lipinski definition) is 0. The molecule has 0 radical (unpaired) electrons. The Labute approximate surface area is 159 Å². The van der Waals surface area contributed by atoms with E-state index >= 15 is 0 Å². The molecule has 0 fully saturated rings. The number of pyridine rings is 1. The molecule has 0 amide bonds. The maximum Gasteiger partial charge on any atom is 0.264 e. The molecule has 0 saturated carbocycles. The second kappa shape index (κ2) is 6.78. The molecule has 4 rings (SSSR count). The van der Waals surface area contributed by atoms with Gasteiger partial charge in [0.25, 0.3) is 6.43 Å². The second-order valence-electron chi connectivity index (χ2n) is 6.93. The molecule has 0 bridgehead atoms. The van der Waals surface area contributed by atoms with E-state index in [1.54, 1.807) is 36.3 Å². The zero-order chi connectivity index (χ0) is 20.0. The van der Waals surface area contributed by atoms with Crippen LogP contribution >= 0.6 is 0 Å². The van der Waals surface area contributed by atoms with Crippen LogP contribution < -0.4 is 0 Å². The fourth-order valence-electron chi connectivity index (χ4n) is 3.21. The number of alkyl halides is 2. The van der Waals surface area contributed by atoms with Gasteiger partial charge in [0.15, 0.2) is 5.65 Å².